The molecule has 1 fully saturated rings. The van der Waals surface area contributed by atoms with Crippen molar-refractivity contribution in [3.8, 4) is 0 Å². The first-order chi connectivity index (χ1) is 8.65. The molecule has 0 bridgehead atoms. The van der Waals surface area contributed by atoms with Crippen LogP contribution in [-0.4, -0.2) is 29.9 Å². The molecule has 2 heterocycles. The number of carbonyl (C=O) groups is 1. The van der Waals surface area contributed by atoms with Gasteiger partial charge in [0.1, 0.15) is 11.9 Å². The summed E-state index contributed by atoms with van der Waals surface area (Å²) >= 11 is 0. The lowest BCUT2D eigenvalue weighted by Gasteiger charge is -2.33. The Balaban J connectivity index is 1.89. The van der Waals surface area contributed by atoms with Gasteiger partial charge in [0.05, 0.1) is 0 Å². The Morgan fingerprint density at radius 3 is 2.78 bits per heavy atom. The van der Waals surface area contributed by atoms with Crippen LogP contribution in [0.1, 0.15) is 24.4 Å². The van der Waals surface area contributed by atoms with E-state index in [0.717, 1.165) is 37.2 Å². The molecule has 1 aromatic rings. The summed E-state index contributed by atoms with van der Waals surface area (Å²) in [6, 6.07) is 4.30. The molecular weight excluding hydrogens is 233 g/mol. The van der Waals surface area contributed by atoms with Crippen LogP contribution in [0.15, 0.2) is 18.2 Å². The lowest BCUT2D eigenvalue weighted by Crippen LogP contribution is -2.43. The van der Waals surface area contributed by atoms with Crippen molar-refractivity contribution in [3.63, 3.8) is 0 Å². The van der Waals surface area contributed by atoms with Gasteiger partial charge in [0.2, 0.25) is 5.91 Å². The molecule has 1 unspecified atom stereocenters. The third-order valence-electron chi connectivity index (χ3n) is 3.75. The van der Waals surface area contributed by atoms with Crippen LogP contribution in [-0.2, 0) is 4.79 Å². The number of nitrogens with two attached hydrogens (primary N) is 1. The number of piperidine rings is 1. The standard InChI is InChI=1S/C13H16FN3O/c14-8-1-2-11-10(7-8)12(13(18)16-11)17-5-3-9(15)4-6-17/h1-2,7,9,12H,3-6,15H2,(H,16,18). The van der Waals surface area contributed by atoms with E-state index in [2.05, 4.69) is 10.2 Å². The van der Waals surface area contributed by atoms with E-state index in [1.807, 2.05) is 0 Å². The number of amides is 1. The van der Waals surface area contributed by atoms with E-state index in [9.17, 15) is 9.18 Å². The fourth-order valence-corrected chi connectivity index (χ4v) is 2.76. The maximum absolute atomic E-state index is 13.3. The van der Waals surface area contributed by atoms with Crippen molar-refractivity contribution in [2.45, 2.75) is 24.9 Å². The number of nitrogens with one attached hydrogen (secondary N) is 1. The maximum Gasteiger partial charge on any atom is 0.246 e. The number of hydrogen-bond acceptors (Lipinski definition) is 3. The Morgan fingerprint density at radius 1 is 1.33 bits per heavy atom. The van der Waals surface area contributed by atoms with Crippen molar-refractivity contribution in [2.24, 2.45) is 5.73 Å². The summed E-state index contributed by atoms with van der Waals surface area (Å²) < 4.78 is 13.3. The number of halogens is 1. The number of anilines is 1. The van der Waals surface area contributed by atoms with Gasteiger partial charge in [0, 0.05) is 30.4 Å². The second-order valence-corrected chi connectivity index (χ2v) is 5.00. The Kier molecular flexibility index (Phi) is 2.80. The molecule has 0 radical (unpaired) electrons. The van der Waals surface area contributed by atoms with E-state index in [1.165, 1.54) is 12.1 Å². The molecule has 3 rings (SSSR count). The Labute approximate surface area is 105 Å². The van der Waals surface area contributed by atoms with Gasteiger partial charge in [-0.05, 0) is 31.0 Å². The van der Waals surface area contributed by atoms with Crippen molar-refractivity contribution < 1.29 is 9.18 Å². The van der Waals surface area contributed by atoms with Gasteiger partial charge in [0.25, 0.3) is 0 Å². The van der Waals surface area contributed by atoms with Gasteiger partial charge in [-0.3, -0.25) is 9.69 Å². The summed E-state index contributed by atoms with van der Waals surface area (Å²) in [5.41, 5.74) is 7.33. The molecule has 0 aliphatic carbocycles. The molecule has 2 aliphatic heterocycles. The molecule has 96 valence electrons. The first-order valence-electron chi connectivity index (χ1n) is 6.25. The highest BCUT2D eigenvalue weighted by molar-refractivity contribution is 6.02. The number of nitrogens with zero attached hydrogens (tertiary/aromatic N) is 1. The first kappa shape index (κ1) is 11.6. The number of likely N-dealkylation sites (tertiary alicyclic amines) is 1. The molecule has 0 saturated carbocycles. The Hall–Kier alpha value is -1.46. The van der Waals surface area contributed by atoms with Crippen LogP contribution in [0.3, 0.4) is 0 Å². The summed E-state index contributed by atoms with van der Waals surface area (Å²) in [6.07, 6.45) is 1.77. The van der Waals surface area contributed by atoms with Gasteiger partial charge in [-0.1, -0.05) is 0 Å². The molecule has 4 nitrogen and oxygen atoms in total. The number of fused-ring (bicyclic) bond motifs is 1. The quantitative estimate of drug-likeness (QED) is 0.787. The fraction of sp³-hybridized carbons (Fsp3) is 0.462. The van der Waals surface area contributed by atoms with E-state index in [0.29, 0.717) is 0 Å². The lowest BCUT2D eigenvalue weighted by molar-refractivity contribution is -0.121. The van der Waals surface area contributed by atoms with Crippen LogP contribution < -0.4 is 11.1 Å². The minimum absolute atomic E-state index is 0.0638. The highest BCUT2D eigenvalue weighted by atomic mass is 19.1. The Bertz CT molecular complexity index is 483. The lowest BCUT2D eigenvalue weighted by atomic mass is 10.0. The summed E-state index contributed by atoms with van der Waals surface area (Å²) in [5, 5.41) is 2.80. The number of hydrogen-bond donors (Lipinski definition) is 2. The summed E-state index contributed by atoms with van der Waals surface area (Å²) in [6.45, 7) is 1.57. The highest BCUT2D eigenvalue weighted by Gasteiger charge is 2.36. The molecule has 0 aromatic heterocycles. The topological polar surface area (TPSA) is 58.4 Å². The van der Waals surface area contributed by atoms with E-state index in [1.54, 1.807) is 6.07 Å². The summed E-state index contributed by atoms with van der Waals surface area (Å²) in [4.78, 5) is 14.1. The molecule has 0 spiro atoms. The summed E-state index contributed by atoms with van der Waals surface area (Å²) in [5.74, 6) is -0.366. The van der Waals surface area contributed by atoms with E-state index in [-0.39, 0.29) is 23.8 Å². The van der Waals surface area contributed by atoms with Crippen LogP contribution >= 0.6 is 0 Å². The van der Waals surface area contributed by atoms with Gasteiger partial charge >= 0.3 is 0 Å². The van der Waals surface area contributed by atoms with Crippen molar-refractivity contribution in [1.82, 2.24) is 4.90 Å². The van der Waals surface area contributed by atoms with E-state index < -0.39 is 0 Å². The zero-order valence-electron chi connectivity index (χ0n) is 10.0. The van der Waals surface area contributed by atoms with E-state index in [4.69, 9.17) is 5.73 Å². The SMILES string of the molecule is NC1CCN(C2C(=O)Nc3ccc(F)cc32)CC1. The van der Waals surface area contributed by atoms with Crippen LogP contribution in [0.4, 0.5) is 10.1 Å². The van der Waals surface area contributed by atoms with Crippen LogP contribution in [0.25, 0.3) is 0 Å². The van der Waals surface area contributed by atoms with Crippen molar-refractivity contribution in [1.29, 1.82) is 0 Å². The smallest absolute Gasteiger partial charge is 0.246 e. The second kappa shape index (κ2) is 4.33. The van der Waals surface area contributed by atoms with Gasteiger partial charge < -0.3 is 11.1 Å². The van der Waals surface area contributed by atoms with Crippen LogP contribution in [0.2, 0.25) is 0 Å². The fourth-order valence-electron chi connectivity index (χ4n) is 2.76. The van der Waals surface area contributed by atoms with E-state index >= 15 is 0 Å². The molecule has 3 N–H and O–H groups in total. The number of benzene rings is 1. The van der Waals surface area contributed by atoms with Crippen molar-refractivity contribution in [2.75, 3.05) is 18.4 Å². The number of rotatable bonds is 1. The average Bonchev–Trinajstić information content (AvgIpc) is 2.66. The minimum Gasteiger partial charge on any atom is -0.328 e. The minimum atomic E-state index is -0.358. The second-order valence-electron chi connectivity index (χ2n) is 5.00. The molecule has 18 heavy (non-hydrogen) atoms. The molecular formula is C13H16FN3O. The van der Waals surface area contributed by atoms with Crippen molar-refractivity contribution >= 4 is 11.6 Å². The largest absolute Gasteiger partial charge is 0.328 e. The van der Waals surface area contributed by atoms with Crippen molar-refractivity contribution in [3.05, 3.63) is 29.6 Å². The zero-order chi connectivity index (χ0) is 12.7. The highest BCUT2D eigenvalue weighted by Crippen LogP contribution is 2.36. The van der Waals surface area contributed by atoms with Gasteiger partial charge in [-0.15, -0.1) is 0 Å². The molecule has 5 heteroatoms. The van der Waals surface area contributed by atoms with Gasteiger partial charge in [-0.2, -0.15) is 0 Å². The predicted octanol–water partition coefficient (Wildman–Crippen LogP) is 1.24. The molecule has 1 aromatic carbocycles. The average molecular weight is 249 g/mol. The zero-order valence-corrected chi connectivity index (χ0v) is 10.0. The van der Waals surface area contributed by atoms with Gasteiger partial charge in [0.15, 0.2) is 0 Å². The van der Waals surface area contributed by atoms with Crippen LogP contribution in [0, 0.1) is 5.82 Å². The third-order valence-corrected chi connectivity index (χ3v) is 3.75. The first-order valence-corrected chi connectivity index (χ1v) is 6.25. The maximum atomic E-state index is 13.3. The number of carbonyl (C=O) groups excluding carboxylic acids is 1. The van der Waals surface area contributed by atoms with Gasteiger partial charge in [-0.25, -0.2) is 4.39 Å². The molecule has 1 atom stereocenters. The normalized spacial score (nSPS) is 25.0. The Morgan fingerprint density at radius 2 is 2.06 bits per heavy atom. The van der Waals surface area contributed by atoms with Crippen LogP contribution in [0.5, 0.6) is 0 Å². The third kappa shape index (κ3) is 1.89. The molecule has 1 saturated heterocycles. The monoisotopic (exact) mass is 249 g/mol. The molecule has 1 amide bonds. The molecule has 2 aliphatic rings. The summed E-state index contributed by atoms with van der Waals surface area (Å²) in [7, 11) is 0. The predicted molar refractivity (Wildman–Crippen MR) is 66.6 cm³/mol.